The molecule has 2 rings (SSSR count). The van der Waals surface area contributed by atoms with Crippen molar-refractivity contribution in [2.45, 2.75) is 38.3 Å². The Morgan fingerprint density at radius 1 is 1.25 bits per heavy atom. The largest absolute Gasteiger partial charge is 0.312 e. The van der Waals surface area contributed by atoms with Crippen LogP contribution in [0.1, 0.15) is 26.2 Å². The molecule has 0 aromatic carbocycles. The Morgan fingerprint density at radius 3 is 2.62 bits per heavy atom. The van der Waals surface area contributed by atoms with Gasteiger partial charge in [0, 0.05) is 31.7 Å². The van der Waals surface area contributed by atoms with Gasteiger partial charge in [-0.05, 0) is 45.8 Å². The van der Waals surface area contributed by atoms with E-state index in [9.17, 15) is 0 Å². The molecule has 0 spiro atoms. The third-order valence-corrected chi connectivity index (χ3v) is 4.07. The first-order valence-corrected chi connectivity index (χ1v) is 6.84. The van der Waals surface area contributed by atoms with Gasteiger partial charge in [0.1, 0.15) is 0 Å². The molecule has 1 aliphatic heterocycles. The number of nitrogens with one attached hydrogen (secondary N) is 1. The molecule has 2 aliphatic rings. The second-order valence-corrected chi connectivity index (χ2v) is 5.63. The molecule has 0 radical (unpaired) electrons. The van der Waals surface area contributed by atoms with E-state index < -0.39 is 0 Å². The summed E-state index contributed by atoms with van der Waals surface area (Å²) in [5.74, 6) is 0.950. The maximum Gasteiger partial charge on any atom is 0.0376 e. The fourth-order valence-corrected chi connectivity index (χ4v) is 2.82. The molecule has 1 saturated heterocycles. The predicted molar refractivity (Wildman–Crippen MR) is 68.7 cm³/mol. The van der Waals surface area contributed by atoms with Gasteiger partial charge in [0.25, 0.3) is 0 Å². The van der Waals surface area contributed by atoms with Crippen LogP contribution in [0.4, 0.5) is 0 Å². The summed E-state index contributed by atoms with van der Waals surface area (Å²) in [5.41, 5.74) is 0. The Hall–Kier alpha value is -0.120. The second kappa shape index (κ2) is 5.48. The average molecular weight is 225 g/mol. The van der Waals surface area contributed by atoms with Crippen LogP contribution in [0.5, 0.6) is 0 Å². The van der Waals surface area contributed by atoms with Crippen molar-refractivity contribution in [1.29, 1.82) is 0 Å². The standard InChI is InChI=1S/C13H27N3/c1-4-7-14-13(11-5-6-11)12-10-15(2)8-9-16(12)3/h11-14H,4-10H2,1-3H3. The van der Waals surface area contributed by atoms with Gasteiger partial charge >= 0.3 is 0 Å². The van der Waals surface area contributed by atoms with Crippen LogP contribution in [-0.2, 0) is 0 Å². The average Bonchev–Trinajstić information content (AvgIpc) is 3.08. The first kappa shape index (κ1) is 12.3. The number of likely N-dealkylation sites (N-methyl/N-ethyl adjacent to an activating group) is 2. The highest BCUT2D eigenvalue weighted by molar-refractivity contribution is 4.97. The molecule has 2 atom stereocenters. The van der Waals surface area contributed by atoms with E-state index in [1.807, 2.05) is 0 Å². The zero-order chi connectivity index (χ0) is 11.5. The summed E-state index contributed by atoms with van der Waals surface area (Å²) in [7, 11) is 4.55. The third kappa shape index (κ3) is 2.96. The summed E-state index contributed by atoms with van der Waals surface area (Å²) in [6.45, 7) is 7.10. The highest BCUT2D eigenvalue weighted by Crippen LogP contribution is 2.35. The number of piperazine rings is 1. The predicted octanol–water partition coefficient (Wildman–Crippen LogP) is 1.01. The van der Waals surface area contributed by atoms with Crippen molar-refractivity contribution >= 4 is 0 Å². The smallest absolute Gasteiger partial charge is 0.0376 e. The lowest BCUT2D eigenvalue weighted by Gasteiger charge is -2.42. The van der Waals surface area contributed by atoms with Gasteiger partial charge in [0.05, 0.1) is 0 Å². The van der Waals surface area contributed by atoms with Crippen LogP contribution in [0.15, 0.2) is 0 Å². The van der Waals surface area contributed by atoms with Crippen molar-refractivity contribution in [1.82, 2.24) is 15.1 Å². The molecule has 1 aliphatic carbocycles. The minimum absolute atomic E-state index is 0.720. The first-order valence-electron chi connectivity index (χ1n) is 6.84. The van der Waals surface area contributed by atoms with Gasteiger partial charge < -0.3 is 10.2 Å². The number of nitrogens with zero attached hydrogens (tertiary/aromatic N) is 2. The topological polar surface area (TPSA) is 18.5 Å². The molecule has 3 heteroatoms. The molecular weight excluding hydrogens is 198 g/mol. The third-order valence-electron chi connectivity index (χ3n) is 4.07. The normalized spacial score (nSPS) is 30.6. The summed E-state index contributed by atoms with van der Waals surface area (Å²) < 4.78 is 0. The Morgan fingerprint density at radius 2 is 2.00 bits per heavy atom. The molecule has 94 valence electrons. The van der Waals surface area contributed by atoms with E-state index in [0.29, 0.717) is 0 Å². The van der Waals surface area contributed by atoms with Crippen LogP contribution in [0.3, 0.4) is 0 Å². The quantitative estimate of drug-likeness (QED) is 0.753. The fraction of sp³-hybridized carbons (Fsp3) is 1.00. The molecule has 1 saturated carbocycles. The summed E-state index contributed by atoms with van der Waals surface area (Å²) >= 11 is 0. The van der Waals surface area contributed by atoms with Gasteiger partial charge in [-0.1, -0.05) is 6.92 Å². The van der Waals surface area contributed by atoms with Gasteiger partial charge in [0.2, 0.25) is 0 Å². The van der Waals surface area contributed by atoms with Crippen molar-refractivity contribution in [3.63, 3.8) is 0 Å². The van der Waals surface area contributed by atoms with E-state index in [1.54, 1.807) is 0 Å². The second-order valence-electron chi connectivity index (χ2n) is 5.63. The lowest BCUT2D eigenvalue weighted by molar-refractivity contribution is 0.0817. The Balaban J connectivity index is 1.93. The molecule has 0 aromatic heterocycles. The van der Waals surface area contributed by atoms with E-state index in [-0.39, 0.29) is 0 Å². The first-order chi connectivity index (χ1) is 7.72. The van der Waals surface area contributed by atoms with Crippen molar-refractivity contribution in [2.75, 3.05) is 40.3 Å². The summed E-state index contributed by atoms with van der Waals surface area (Å²) in [4.78, 5) is 5.04. The fourth-order valence-electron chi connectivity index (χ4n) is 2.82. The van der Waals surface area contributed by atoms with Gasteiger partial charge in [-0.25, -0.2) is 0 Å². The van der Waals surface area contributed by atoms with E-state index in [2.05, 4.69) is 36.1 Å². The molecule has 1 N–H and O–H groups in total. The van der Waals surface area contributed by atoms with Gasteiger partial charge in [-0.3, -0.25) is 4.90 Å². The van der Waals surface area contributed by atoms with E-state index in [0.717, 1.165) is 18.0 Å². The SMILES string of the molecule is CCCNC(C1CC1)C1CN(C)CCN1C. The van der Waals surface area contributed by atoms with Gasteiger partial charge in [-0.15, -0.1) is 0 Å². The summed E-state index contributed by atoms with van der Waals surface area (Å²) in [6.07, 6.45) is 4.13. The number of hydrogen-bond donors (Lipinski definition) is 1. The molecule has 16 heavy (non-hydrogen) atoms. The van der Waals surface area contributed by atoms with E-state index >= 15 is 0 Å². The molecule has 1 heterocycles. The van der Waals surface area contributed by atoms with Crippen molar-refractivity contribution in [2.24, 2.45) is 5.92 Å². The zero-order valence-corrected chi connectivity index (χ0v) is 11.1. The lowest BCUT2D eigenvalue weighted by atomic mass is 9.99. The Bertz CT molecular complexity index is 215. The van der Waals surface area contributed by atoms with Crippen molar-refractivity contribution < 1.29 is 0 Å². The maximum absolute atomic E-state index is 3.78. The Kier molecular flexibility index (Phi) is 4.22. The van der Waals surface area contributed by atoms with Crippen LogP contribution in [0.25, 0.3) is 0 Å². The molecule has 0 amide bonds. The minimum atomic E-state index is 0.720. The molecule has 3 nitrogen and oxygen atoms in total. The molecule has 2 fully saturated rings. The number of rotatable bonds is 5. The van der Waals surface area contributed by atoms with Crippen LogP contribution in [0, 0.1) is 5.92 Å². The van der Waals surface area contributed by atoms with Crippen LogP contribution in [0.2, 0.25) is 0 Å². The van der Waals surface area contributed by atoms with Crippen molar-refractivity contribution in [3.05, 3.63) is 0 Å². The zero-order valence-electron chi connectivity index (χ0n) is 11.1. The number of hydrogen-bond acceptors (Lipinski definition) is 3. The van der Waals surface area contributed by atoms with E-state index in [1.165, 1.54) is 45.4 Å². The monoisotopic (exact) mass is 225 g/mol. The maximum atomic E-state index is 3.78. The summed E-state index contributed by atoms with van der Waals surface area (Å²) in [6, 6.07) is 1.45. The minimum Gasteiger partial charge on any atom is -0.312 e. The molecular formula is C13H27N3. The Labute approximate surface area is 100 Å². The molecule has 2 unspecified atom stereocenters. The van der Waals surface area contributed by atoms with Crippen LogP contribution >= 0.6 is 0 Å². The summed E-state index contributed by atoms with van der Waals surface area (Å²) in [5, 5.41) is 3.78. The van der Waals surface area contributed by atoms with E-state index in [4.69, 9.17) is 0 Å². The van der Waals surface area contributed by atoms with Gasteiger partial charge in [-0.2, -0.15) is 0 Å². The van der Waals surface area contributed by atoms with Crippen LogP contribution in [-0.4, -0.2) is 62.2 Å². The highest BCUT2D eigenvalue weighted by Gasteiger charge is 2.39. The molecule has 0 aromatic rings. The van der Waals surface area contributed by atoms with Crippen molar-refractivity contribution in [3.8, 4) is 0 Å². The molecule has 0 bridgehead atoms. The highest BCUT2D eigenvalue weighted by atomic mass is 15.3. The lowest BCUT2D eigenvalue weighted by Crippen LogP contribution is -2.59. The van der Waals surface area contributed by atoms with Crippen LogP contribution < -0.4 is 5.32 Å². The van der Waals surface area contributed by atoms with Gasteiger partial charge in [0.15, 0.2) is 0 Å².